The molecule has 27 heavy (non-hydrogen) atoms. The molecule has 0 amide bonds. The maximum atomic E-state index is 12.4. The normalized spacial score (nSPS) is 17.7. The van der Waals surface area contributed by atoms with Gasteiger partial charge >= 0.3 is 5.97 Å². The summed E-state index contributed by atoms with van der Waals surface area (Å²) >= 11 is 0. The fourth-order valence-electron chi connectivity index (χ4n) is 3.86. The fourth-order valence-corrected chi connectivity index (χ4v) is 3.86. The van der Waals surface area contributed by atoms with Gasteiger partial charge in [0, 0.05) is 25.6 Å². The summed E-state index contributed by atoms with van der Waals surface area (Å²) in [6, 6.07) is 5.28. The highest BCUT2D eigenvalue weighted by atomic mass is 16.5. The predicted molar refractivity (Wildman–Crippen MR) is 101 cm³/mol. The number of ether oxygens (including phenoxy) is 1. The van der Waals surface area contributed by atoms with E-state index in [4.69, 9.17) is 4.74 Å². The van der Waals surface area contributed by atoms with Crippen LogP contribution in [0.15, 0.2) is 16.9 Å². The van der Waals surface area contributed by atoms with Gasteiger partial charge in [-0.25, -0.2) is 4.98 Å². The summed E-state index contributed by atoms with van der Waals surface area (Å²) in [5, 5.41) is 9.58. The Labute approximate surface area is 157 Å². The number of fused-ring (bicyclic) bond motifs is 1. The van der Waals surface area contributed by atoms with Gasteiger partial charge in [0.2, 0.25) is 5.88 Å². The quantitative estimate of drug-likeness (QED) is 0.835. The van der Waals surface area contributed by atoms with Crippen LogP contribution in [0.2, 0.25) is 0 Å². The molecule has 1 N–H and O–H groups in total. The molecule has 1 aliphatic heterocycles. The SMILES string of the molecule is CCCC(=O)Oc1ccc2[nH]c(=O)c(C#N)c(N3CCC4(CC3)CC4)c2n1. The number of carbonyl (C=O) groups is 1. The molecule has 0 aromatic carbocycles. The van der Waals surface area contributed by atoms with Crippen molar-refractivity contribution in [2.75, 3.05) is 18.0 Å². The van der Waals surface area contributed by atoms with Crippen molar-refractivity contribution in [3.8, 4) is 11.9 Å². The summed E-state index contributed by atoms with van der Waals surface area (Å²) in [6.07, 6.45) is 5.69. The molecule has 140 valence electrons. The van der Waals surface area contributed by atoms with Crippen LogP contribution in [0.1, 0.15) is 51.0 Å². The van der Waals surface area contributed by atoms with Crippen LogP contribution in [0, 0.1) is 16.7 Å². The Morgan fingerprint density at radius 3 is 2.70 bits per heavy atom. The lowest BCUT2D eigenvalue weighted by Gasteiger charge is -2.34. The second kappa shape index (κ2) is 6.69. The van der Waals surface area contributed by atoms with Gasteiger partial charge in [0.15, 0.2) is 0 Å². The van der Waals surface area contributed by atoms with Crippen molar-refractivity contribution in [3.05, 3.63) is 28.0 Å². The number of hydrogen-bond acceptors (Lipinski definition) is 6. The largest absolute Gasteiger partial charge is 0.407 e. The minimum atomic E-state index is -0.413. The molecule has 3 heterocycles. The number of carbonyl (C=O) groups excluding carboxylic acids is 1. The molecule has 1 aliphatic carbocycles. The number of aromatic nitrogens is 2. The topological polar surface area (TPSA) is 99.1 Å². The number of aromatic amines is 1. The third kappa shape index (κ3) is 3.27. The molecule has 2 aliphatic rings. The van der Waals surface area contributed by atoms with Crippen molar-refractivity contribution in [2.45, 2.75) is 45.4 Å². The lowest BCUT2D eigenvalue weighted by molar-refractivity contribution is -0.134. The zero-order chi connectivity index (χ0) is 19.0. The first kappa shape index (κ1) is 17.5. The van der Waals surface area contributed by atoms with Crippen molar-refractivity contribution in [3.63, 3.8) is 0 Å². The van der Waals surface area contributed by atoms with E-state index in [1.807, 2.05) is 13.0 Å². The Balaban J connectivity index is 1.77. The van der Waals surface area contributed by atoms with Crippen molar-refractivity contribution in [1.82, 2.24) is 9.97 Å². The standard InChI is InChI=1S/C20H22N4O3/c1-2-3-16(25)27-15-5-4-14-17(23-15)18(13(12-21)19(26)22-14)24-10-8-20(6-7-20)9-11-24/h4-5H,2-3,6-11H2,1H3,(H,22,26). The molecule has 0 radical (unpaired) electrons. The summed E-state index contributed by atoms with van der Waals surface area (Å²) in [6.45, 7) is 3.50. The van der Waals surface area contributed by atoms with Gasteiger partial charge in [-0.15, -0.1) is 0 Å². The van der Waals surface area contributed by atoms with E-state index in [0.29, 0.717) is 35.0 Å². The minimum Gasteiger partial charge on any atom is -0.407 e. The number of nitriles is 1. The van der Waals surface area contributed by atoms with Crippen LogP contribution in [-0.4, -0.2) is 29.0 Å². The molecule has 1 saturated heterocycles. The summed E-state index contributed by atoms with van der Waals surface area (Å²) < 4.78 is 5.31. The highest BCUT2D eigenvalue weighted by molar-refractivity contribution is 5.91. The van der Waals surface area contributed by atoms with Gasteiger partial charge in [-0.1, -0.05) is 6.92 Å². The zero-order valence-corrected chi connectivity index (χ0v) is 15.4. The van der Waals surface area contributed by atoms with E-state index < -0.39 is 5.56 Å². The summed E-state index contributed by atoms with van der Waals surface area (Å²) in [5.74, 6) is -0.154. The highest BCUT2D eigenvalue weighted by Gasteiger charge is 2.45. The molecule has 0 unspecified atom stereocenters. The van der Waals surface area contributed by atoms with Crippen LogP contribution in [0.25, 0.3) is 11.0 Å². The molecule has 4 rings (SSSR count). The first-order valence-corrected chi connectivity index (χ1v) is 9.48. The number of hydrogen-bond donors (Lipinski definition) is 1. The molecule has 0 atom stereocenters. The Morgan fingerprint density at radius 2 is 2.07 bits per heavy atom. The van der Waals surface area contributed by atoms with Crippen LogP contribution >= 0.6 is 0 Å². The number of rotatable bonds is 4. The van der Waals surface area contributed by atoms with Gasteiger partial charge in [0.25, 0.3) is 5.56 Å². The van der Waals surface area contributed by atoms with Crippen LogP contribution in [0.5, 0.6) is 5.88 Å². The van der Waals surface area contributed by atoms with Gasteiger partial charge in [-0.2, -0.15) is 5.26 Å². The molecule has 7 heteroatoms. The van der Waals surface area contributed by atoms with Crippen molar-refractivity contribution >= 4 is 22.7 Å². The number of esters is 1. The molecule has 7 nitrogen and oxygen atoms in total. The molecule has 2 fully saturated rings. The molecule has 0 bridgehead atoms. The Morgan fingerprint density at radius 1 is 1.33 bits per heavy atom. The van der Waals surface area contributed by atoms with Gasteiger partial charge in [0.05, 0.1) is 11.2 Å². The van der Waals surface area contributed by atoms with Crippen molar-refractivity contribution in [2.24, 2.45) is 5.41 Å². The Bertz CT molecular complexity index is 991. The third-order valence-corrected chi connectivity index (χ3v) is 5.69. The van der Waals surface area contributed by atoms with Crippen LogP contribution in [-0.2, 0) is 4.79 Å². The number of H-pyrrole nitrogens is 1. The van der Waals surface area contributed by atoms with Gasteiger partial charge in [-0.05, 0) is 43.6 Å². The van der Waals surface area contributed by atoms with E-state index in [0.717, 1.165) is 25.9 Å². The van der Waals surface area contributed by atoms with E-state index in [1.165, 1.54) is 12.8 Å². The fraction of sp³-hybridized carbons (Fsp3) is 0.500. The maximum absolute atomic E-state index is 12.4. The van der Waals surface area contributed by atoms with E-state index in [-0.39, 0.29) is 17.4 Å². The Hall–Kier alpha value is -2.88. The lowest BCUT2D eigenvalue weighted by Crippen LogP contribution is -2.36. The van der Waals surface area contributed by atoms with E-state index in [2.05, 4.69) is 14.9 Å². The number of piperidine rings is 1. The van der Waals surface area contributed by atoms with Crippen LogP contribution in [0.3, 0.4) is 0 Å². The molecular weight excluding hydrogens is 344 g/mol. The molecule has 1 saturated carbocycles. The molecule has 2 aromatic heterocycles. The maximum Gasteiger partial charge on any atom is 0.312 e. The summed E-state index contributed by atoms with van der Waals surface area (Å²) in [4.78, 5) is 33.5. The van der Waals surface area contributed by atoms with Crippen LogP contribution in [0.4, 0.5) is 5.69 Å². The monoisotopic (exact) mass is 366 g/mol. The average Bonchev–Trinajstić information content (AvgIpc) is 3.41. The third-order valence-electron chi connectivity index (χ3n) is 5.69. The highest BCUT2D eigenvalue weighted by Crippen LogP contribution is 2.54. The van der Waals surface area contributed by atoms with Gasteiger partial charge < -0.3 is 14.6 Å². The van der Waals surface area contributed by atoms with E-state index in [9.17, 15) is 14.9 Å². The smallest absolute Gasteiger partial charge is 0.312 e. The second-order valence-corrected chi connectivity index (χ2v) is 7.55. The number of nitrogens with zero attached hydrogens (tertiary/aromatic N) is 3. The number of anilines is 1. The average molecular weight is 366 g/mol. The predicted octanol–water partition coefficient (Wildman–Crippen LogP) is 2.88. The first-order valence-electron chi connectivity index (χ1n) is 9.48. The minimum absolute atomic E-state index is 0.0683. The molecular formula is C20H22N4O3. The zero-order valence-electron chi connectivity index (χ0n) is 15.4. The lowest BCUT2D eigenvalue weighted by atomic mass is 9.93. The Kier molecular flexibility index (Phi) is 4.34. The first-order chi connectivity index (χ1) is 13.0. The summed E-state index contributed by atoms with van der Waals surface area (Å²) in [5.41, 5.74) is 1.73. The van der Waals surface area contributed by atoms with Crippen molar-refractivity contribution in [1.29, 1.82) is 5.26 Å². The number of pyridine rings is 2. The van der Waals surface area contributed by atoms with E-state index in [1.54, 1.807) is 12.1 Å². The number of nitrogens with one attached hydrogen (secondary N) is 1. The molecule has 1 spiro atoms. The van der Waals surface area contributed by atoms with Gasteiger partial charge in [-0.3, -0.25) is 9.59 Å². The van der Waals surface area contributed by atoms with Crippen molar-refractivity contribution < 1.29 is 9.53 Å². The van der Waals surface area contributed by atoms with Crippen LogP contribution < -0.4 is 15.2 Å². The van der Waals surface area contributed by atoms with E-state index >= 15 is 0 Å². The summed E-state index contributed by atoms with van der Waals surface area (Å²) in [7, 11) is 0. The second-order valence-electron chi connectivity index (χ2n) is 7.55. The van der Waals surface area contributed by atoms with Gasteiger partial charge in [0.1, 0.15) is 17.1 Å². The molecule has 2 aromatic rings.